The Morgan fingerprint density at radius 3 is 2.45 bits per heavy atom. The van der Waals surface area contributed by atoms with Gasteiger partial charge in [-0.3, -0.25) is 0 Å². The topological polar surface area (TPSA) is 23.5 Å². The van der Waals surface area contributed by atoms with Gasteiger partial charge in [0.25, 0.3) is 0 Å². The third kappa shape index (κ3) is 3.21. The van der Waals surface area contributed by atoms with Gasteiger partial charge < -0.3 is 10.0 Å². The summed E-state index contributed by atoms with van der Waals surface area (Å²) in [7, 11) is 0. The number of benzene rings is 1. The van der Waals surface area contributed by atoms with Gasteiger partial charge in [0.15, 0.2) is 0 Å². The van der Waals surface area contributed by atoms with Crippen molar-refractivity contribution in [1.29, 1.82) is 0 Å². The number of hydrogen-bond donors (Lipinski definition) is 1. The molecular formula is C17H24FNO. The molecule has 1 aromatic carbocycles. The summed E-state index contributed by atoms with van der Waals surface area (Å²) < 4.78 is 14.2. The van der Waals surface area contributed by atoms with E-state index in [2.05, 4.69) is 31.7 Å². The first-order chi connectivity index (χ1) is 9.29. The summed E-state index contributed by atoms with van der Waals surface area (Å²) in [4.78, 5) is 2.05. The summed E-state index contributed by atoms with van der Waals surface area (Å²) in [6.07, 6.45) is 2.55. The Kier molecular flexibility index (Phi) is 4.19. The third-order valence-electron chi connectivity index (χ3n) is 3.97. The normalized spacial score (nSPS) is 17.9. The summed E-state index contributed by atoms with van der Waals surface area (Å²) in [5.41, 5.74) is 2.88. The minimum Gasteiger partial charge on any atom is -0.389 e. The predicted octanol–water partition coefficient (Wildman–Crippen LogP) is 4.06. The molecule has 0 saturated carbocycles. The van der Waals surface area contributed by atoms with Crippen molar-refractivity contribution in [3.8, 4) is 0 Å². The van der Waals surface area contributed by atoms with Gasteiger partial charge >= 0.3 is 0 Å². The van der Waals surface area contributed by atoms with Crippen LogP contribution in [-0.4, -0.2) is 18.2 Å². The molecule has 1 N–H and O–H groups in total. The van der Waals surface area contributed by atoms with Crippen LogP contribution < -0.4 is 4.90 Å². The van der Waals surface area contributed by atoms with Crippen LogP contribution in [-0.2, 0) is 0 Å². The van der Waals surface area contributed by atoms with Crippen LogP contribution in [0.1, 0.15) is 45.8 Å². The molecule has 0 bridgehead atoms. The van der Waals surface area contributed by atoms with Crippen molar-refractivity contribution in [1.82, 2.24) is 0 Å². The number of rotatable bonds is 2. The number of hydrogen-bond acceptors (Lipinski definition) is 2. The maximum Gasteiger partial charge on any atom is 0.146 e. The molecule has 110 valence electrons. The van der Waals surface area contributed by atoms with Gasteiger partial charge in [-0.1, -0.05) is 38.5 Å². The number of anilines is 1. The largest absolute Gasteiger partial charge is 0.389 e. The maximum absolute atomic E-state index is 14.2. The Morgan fingerprint density at radius 2 is 2.00 bits per heavy atom. The van der Waals surface area contributed by atoms with Crippen molar-refractivity contribution in [3.63, 3.8) is 0 Å². The summed E-state index contributed by atoms with van der Waals surface area (Å²) in [6.45, 7) is 9.88. The SMILES string of the molecule is C[C@@H](O)c1ccc(N2CC=C(C(C)(C)C)CC2)c(F)c1. The minimum atomic E-state index is -0.632. The fourth-order valence-corrected chi connectivity index (χ4v) is 2.61. The highest BCUT2D eigenvalue weighted by atomic mass is 19.1. The van der Waals surface area contributed by atoms with Crippen LogP contribution in [0.2, 0.25) is 0 Å². The zero-order valence-corrected chi connectivity index (χ0v) is 12.8. The Morgan fingerprint density at radius 1 is 1.30 bits per heavy atom. The number of aliphatic hydroxyl groups excluding tert-OH is 1. The zero-order chi connectivity index (χ0) is 14.9. The molecule has 0 radical (unpaired) electrons. The van der Waals surface area contributed by atoms with Crippen molar-refractivity contribution in [2.24, 2.45) is 5.41 Å². The molecule has 20 heavy (non-hydrogen) atoms. The first-order valence-electron chi connectivity index (χ1n) is 7.21. The van der Waals surface area contributed by atoms with Crippen LogP contribution in [0.4, 0.5) is 10.1 Å². The molecule has 1 aliphatic rings. The summed E-state index contributed by atoms with van der Waals surface area (Å²) in [5, 5.41) is 9.48. The van der Waals surface area contributed by atoms with Gasteiger partial charge in [0.1, 0.15) is 5.82 Å². The Bertz CT molecular complexity index is 514. The average Bonchev–Trinajstić information content (AvgIpc) is 2.37. The lowest BCUT2D eigenvalue weighted by atomic mass is 9.83. The maximum atomic E-state index is 14.2. The minimum absolute atomic E-state index is 0.195. The zero-order valence-electron chi connectivity index (χ0n) is 12.8. The number of aliphatic hydroxyl groups is 1. The molecular weight excluding hydrogens is 253 g/mol. The summed E-state index contributed by atoms with van der Waals surface area (Å²) in [5.74, 6) is -0.254. The van der Waals surface area contributed by atoms with E-state index >= 15 is 0 Å². The van der Waals surface area contributed by atoms with E-state index in [-0.39, 0.29) is 11.2 Å². The van der Waals surface area contributed by atoms with Crippen molar-refractivity contribution >= 4 is 5.69 Å². The molecule has 0 amide bonds. The second kappa shape index (κ2) is 5.57. The second-order valence-corrected chi connectivity index (χ2v) is 6.56. The quantitative estimate of drug-likeness (QED) is 0.824. The molecule has 0 fully saturated rings. The van der Waals surface area contributed by atoms with E-state index in [4.69, 9.17) is 0 Å². The molecule has 0 aromatic heterocycles. The van der Waals surface area contributed by atoms with Crippen LogP contribution in [0.25, 0.3) is 0 Å². The Hall–Kier alpha value is -1.35. The van der Waals surface area contributed by atoms with E-state index in [9.17, 15) is 9.50 Å². The Labute approximate surface area is 120 Å². The molecule has 3 heteroatoms. The first kappa shape index (κ1) is 15.0. The lowest BCUT2D eigenvalue weighted by Crippen LogP contribution is -2.31. The molecule has 0 spiro atoms. The number of nitrogens with zero attached hydrogens (tertiary/aromatic N) is 1. The standard InChI is InChI=1S/C17H24FNO/c1-12(20)13-5-6-16(15(18)11-13)19-9-7-14(8-10-19)17(2,3)4/h5-7,11-12,20H,8-10H2,1-4H3/t12-/m1/s1. The monoisotopic (exact) mass is 277 g/mol. The van der Waals surface area contributed by atoms with E-state index < -0.39 is 6.10 Å². The van der Waals surface area contributed by atoms with Gasteiger partial charge in [-0.05, 0) is 36.5 Å². The third-order valence-corrected chi connectivity index (χ3v) is 3.97. The lowest BCUT2D eigenvalue weighted by molar-refractivity contribution is 0.199. The molecule has 1 atom stereocenters. The van der Waals surface area contributed by atoms with Crippen LogP contribution >= 0.6 is 0 Å². The van der Waals surface area contributed by atoms with Gasteiger partial charge in [0, 0.05) is 13.1 Å². The molecule has 2 nitrogen and oxygen atoms in total. The van der Waals surface area contributed by atoms with Gasteiger partial charge in [-0.2, -0.15) is 0 Å². The first-order valence-corrected chi connectivity index (χ1v) is 7.21. The fraction of sp³-hybridized carbons (Fsp3) is 0.529. The molecule has 1 heterocycles. The highest BCUT2D eigenvalue weighted by molar-refractivity contribution is 5.51. The molecule has 0 unspecified atom stereocenters. The smallest absolute Gasteiger partial charge is 0.146 e. The van der Waals surface area contributed by atoms with E-state index in [0.717, 1.165) is 19.5 Å². The average molecular weight is 277 g/mol. The predicted molar refractivity (Wildman–Crippen MR) is 81.4 cm³/mol. The molecule has 0 saturated heterocycles. The van der Waals surface area contributed by atoms with E-state index in [1.54, 1.807) is 19.1 Å². The Balaban J connectivity index is 2.17. The molecule has 0 aliphatic carbocycles. The van der Waals surface area contributed by atoms with Crippen molar-refractivity contribution in [3.05, 3.63) is 41.2 Å². The van der Waals surface area contributed by atoms with Crippen LogP contribution in [0.5, 0.6) is 0 Å². The highest BCUT2D eigenvalue weighted by Crippen LogP contribution is 2.32. The van der Waals surface area contributed by atoms with Crippen molar-refractivity contribution in [2.45, 2.75) is 40.2 Å². The number of halogens is 1. The van der Waals surface area contributed by atoms with Crippen LogP contribution in [0.15, 0.2) is 29.8 Å². The van der Waals surface area contributed by atoms with Crippen molar-refractivity contribution < 1.29 is 9.50 Å². The fourth-order valence-electron chi connectivity index (χ4n) is 2.61. The second-order valence-electron chi connectivity index (χ2n) is 6.56. The van der Waals surface area contributed by atoms with E-state index in [1.807, 2.05) is 0 Å². The summed E-state index contributed by atoms with van der Waals surface area (Å²) >= 11 is 0. The van der Waals surface area contributed by atoms with Gasteiger partial charge in [0.05, 0.1) is 11.8 Å². The highest BCUT2D eigenvalue weighted by Gasteiger charge is 2.22. The van der Waals surface area contributed by atoms with Crippen LogP contribution in [0, 0.1) is 11.2 Å². The van der Waals surface area contributed by atoms with E-state index in [0.29, 0.717) is 11.3 Å². The van der Waals surface area contributed by atoms with Gasteiger partial charge in [-0.25, -0.2) is 4.39 Å². The van der Waals surface area contributed by atoms with Gasteiger partial charge in [0.2, 0.25) is 0 Å². The van der Waals surface area contributed by atoms with Crippen LogP contribution in [0.3, 0.4) is 0 Å². The van der Waals surface area contributed by atoms with E-state index in [1.165, 1.54) is 11.6 Å². The lowest BCUT2D eigenvalue weighted by Gasteiger charge is -2.33. The molecule has 1 aliphatic heterocycles. The molecule has 1 aromatic rings. The summed E-state index contributed by atoms with van der Waals surface area (Å²) in [6, 6.07) is 5.00. The molecule has 2 rings (SSSR count). The van der Waals surface area contributed by atoms with Gasteiger partial charge in [-0.15, -0.1) is 0 Å². The van der Waals surface area contributed by atoms with Crippen molar-refractivity contribution in [2.75, 3.05) is 18.0 Å².